The molecule has 2 aromatic rings. The summed E-state index contributed by atoms with van der Waals surface area (Å²) in [6.45, 7) is 1.92. The lowest BCUT2D eigenvalue weighted by molar-refractivity contribution is 0.0938. The van der Waals surface area contributed by atoms with Gasteiger partial charge >= 0.3 is 0 Å². The minimum atomic E-state index is -0.215. The second-order valence-electron chi connectivity index (χ2n) is 3.82. The van der Waals surface area contributed by atoms with Gasteiger partial charge in [0.2, 0.25) is 10.1 Å². The molecule has 1 atom stereocenters. The van der Waals surface area contributed by atoms with Gasteiger partial charge in [-0.05, 0) is 19.1 Å². The topological polar surface area (TPSA) is 80.0 Å². The Morgan fingerprint density at radius 3 is 3.00 bits per heavy atom. The van der Waals surface area contributed by atoms with Gasteiger partial charge < -0.3 is 15.1 Å². The van der Waals surface area contributed by atoms with E-state index in [9.17, 15) is 4.79 Å². The van der Waals surface area contributed by atoms with Crippen LogP contribution in [0.15, 0.2) is 22.8 Å². The fraction of sp³-hybridized carbons (Fsp3) is 0.364. The smallest absolute Gasteiger partial charge is 0.282 e. The van der Waals surface area contributed by atoms with Crippen LogP contribution in [0.4, 0.5) is 5.13 Å². The first kappa shape index (κ1) is 12.6. The fourth-order valence-corrected chi connectivity index (χ4v) is 2.08. The number of nitrogens with zero attached hydrogens (tertiary/aromatic N) is 2. The number of aromatic nitrogens is 2. The summed E-state index contributed by atoms with van der Waals surface area (Å²) in [5.74, 6) is 0.629. The monoisotopic (exact) mass is 266 g/mol. The minimum absolute atomic E-state index is 0.0226. The third kappa shape index (κ3) is 3.07. The van der Waals surface area contributed by atoms with Crippen LogP contribution < -0.4 is 10.6 Å². The zero-order chi connectivity index (χ0) is 13.0. The molecule has 0 fully saturated rings. The lowest BCUT2D eigenvalue weighted by atomic mass is 10.2. The molecule has 0 aliphatic carbocycles. The van der Waals surface area contributed by atoms with E-state index in [4.69, 9.17) is 4.42 Å². The molecule has 2 heterocycles. The Labute approximate surface area is 108 Å². The number of amides is 1. The molecule has 96 valence electrons. The molecule has 2 aromatic heterocycles. The van der Waals surface area contributed by atoms with E-state index in [1.165, 1.54) is 11.3 Å². The molecule has 1 amide bonds. The van der Waals surface area contributed by atoms with Crippen LogP contribution in [0.5, 0.6) is 0 Å². The maximum atomic E-state index is 11.9. The van der Waals surface area contributed by atoms with E-state index in [-0.39, 0.29) is 11.9 Å². The molecule has 0 aliphatic rings. The number of carbonyl (C=O) groups is 1. The molecule has 0 spiro atoms. The maximum Gasteiger partial charge on any atom is 0.282 e. The van der Waals surface area contributed by atoms with Crippen molar-refractivity contribution < 1.29 is 9.21 Å². The molecule has 0 aliphatic heterocycles. The standard InChI is InChI=1S/C11H14N4O2S/c1-7(6-8-4-3-5-17-8)13-9(16)10-14-15-11(12-2)18-10/h3-5,7H,6H2,1-2H3,(H,12,15)(H,13,16). The van der Waals surface area contributed by atoms with Crippen LogP contribution in [0.1, 0.15) is 22.5 Å². The molecule has 1 unspecified atom stereocenters. The van der Waals surface area contributed by atoms with Crippen molar-refractivity contribution in [3.8, 4) is 0 Å². The van der Waals surface area contributed by atoms with Crippen molar-refractivity contribution in [3.63, 3.8) is 0 Å². The van der Waals surface area contributed by atoms with E-state index in [1.807, 2.05) is 19.1 Å². The molecule has 6 nitrogen and oxygen atoms in total. The summed E-state index contributed by atoms with van der Waals surface area (Å²) < 4.78 is 5.23. The first-order valence-corrected chi connectivity index (χ1v) is 6.35. The number of carbonyl (C=O) groups excluding carboxylic acids is 1. The van der Waals surface area contributed by atoms with E-state index >= 15 is 0 Å². The van der Waals surface area contributed by atoms with Gasteiger partial charge in [-0.2, -0.15) is 0 Å². The van der Waals surface area contributed by atoms with Crippen molar-refractivity contribution in [3.05, 3.63) is 29.2 Å². The Morgan fingerprint density at radius 1 is 1.56 bits per heavy atom. The molecular weight excluding hydrogens is 252 g/mol. The zero-order valence-corrected chi connectivity index (χ0v) is 11.0. The minimum Gasteiger partial charge on any atom is -0.469 e. The highest BCUT2D eigenvalue weighted by Crippen LogP contribution is 2.14. The van der Waals surface area contributed by atoms with Gasteiger partial charge in [-0.15, -0.1) is 10.2 Å². The van der Waals surface area contributed by atoms with Gasteiger partial charge in [0.25, 0.3) is 5.91 Å². The molecule has 0 aromatic carbocycles. The average Bonchev–Trinajstić information content (AvgIpc) is 2.98. The van der Waals surface area contributed by atoms with Crippen LogP contribution in [0, 0.1) is 0 Å². The average molecular weight is 266 g/mol. The van der Waals surface area contributed by atoms with Crippen molar-refractivity contribution in [2.75, 3.05) is 12.4 Å². The van der Waals surface area contributed by atoms with E-state index in [1.54, 1.807) is 13.3 Å². The predicted molar refractivity (Wildman–Crippen MR) is 68.8 cm³/mol. The molecule has 2 rings (SSSR count). The number of hydrogen-bond acceptors (Lipinski definition) is 6. The second-order valence-corrected chi connectivity index (χ2v) is 4.80. The van der Waals surface area contributed by atoms with Crippen molar-refractivity contribution in [1.29, 1.82) is 0 Å². The summed E-state index contributed by atoms with van der Waals surface area (Å²) in [5.41, 5.74) is 0. The molecular formula is C11H14N4O2S. The SMILES string of the molecule is CNc1nnc(C(=O)NC(C)Cc2ccco2)s1. The Hall–Kier alpha value is -1.89. The molecule has 0 radical (unpaired) electrons. The van der Waals surface area contributed by atoms with Crippen LogP contribution in [0.3, 0.4) is 0 Å². The number of nitrogens with one attached hydrogen (secondary N) is 2. The summed E-state index contributed by atoms with van der Waals surface area (Å²) in [6.07, 6.45) is 2.27. The molecule has 0 saturated carbocycles. The van der Waals surface area contributed by atoms with Gasteiger partial charge in [0.1, 0.15) is 5.76 Å². The Bertz CT molecular complexity index is 509. The van der Waals surface area contributed by atoms with Gasteiger partial charge in [0.15, 0.2) is 0 Å². The van der Waals surface area contributed by atoms with Crippen molar-refractivity contribution in [1.82, 2.24) is 15.5 Å². The van der Waals surface area contributed by atoms with E-state index < -0.39 is 0 Å². The van der Waals surface area contributed by atoms with Gasteiger partial charge in [-0.25, -0.2) is 0 Å². The number of hydrogen-bond donors (Lipinski definition) is 2. The first-order chi connectivity index (χ1) is 8.69. The Morgan fingerprint density at radius 2 is 2.39 bits per heavy atom. The molecule has 0 bridgehead atoms. The van der Waals surface area contributed by atoms with Crippen LogP contribution in [-0.4, -0.2) is 29.2 Å². The quantitative estimate of drug-likeness (QED) is 0.858. The van der Waals surface area contributed by atoms with Gasteiger partial charge in [-0.1, -0.05) is 11.3 Å². The number of furan rings is 1. The summed E-state index contributed by atoms with van der Waals surface area (Å²) >= 11 is 1.22. The van der Waals surface area contributed by atoms with E-state index in [2.05, 4.69) is 20.8 Å². The Kier molecular flexibility index (Phi) is 3.93. The normalized spacial score (nSPS) is 12.1. The predicted octanol–water partition coefficient (Wildman–Crippen LogP) is 1.53. The van der Waals surface area contributed by atoms with Crippen LogP contribution in [-0.2, 0) is 6.42 Å². The third-order valence-electron chi connectivity index (χ3n) is 2.30. The van der Waals surface area contributed by atoms with Gasteiger partial charge in [0.05, 0.1) is 6.26 Å². The summed E-state index contributed by atoms with van der Waals surface area (Å²) in [6, 6.07) is 3.69. The molecule has 0 saturated heterocycles. The maximum absolute atomic E-state index is 11.9. The highest BCUT2D eigenvalue weighted by molar-refractivity contribution is 7.17. The lowest BCUT2D eigenvalue weighted by Gasteiger charge is -2.10. The van der Waals surface area contributed by atoms with Gasteiger partial charge in [-0.3, -0.25) is 4.79 Å². The first-order valence-electron chi connectivity index (χ1n) is 5.53. The molecule has 7 heteroatoms. The highest BCUT2D eigenvalue weighted by atomic mass is 32.1. The molecule has 18 heavy (non-hydrogen) atoms. The third-order valence-corrected chi connectivity index (χ3v) is 3.24. The molecule has 2 N–H and O–H groups in total. The van der Waals surface area contributed by atoms with Crippen LogP contribution in [0.2, 0.25) is 0 Å². The zero-order valence-electron chi connectivity index (χ0n) is 10.1. The van der Waals surface area contributed by atoms with Crippen LogP contribution >= 0.6 is 11.3 Å². The largest absolute Gasteiger partial charge is 0.469 e. The number of rotatable bonds is 5. The Balaban J connectivity index is 1.90. The second kappa shape index (κ2) is 5.63. The van der Waals surface area contributed by atoms with Crippen molar-refractivity contribution in [2.45, 2.75) is 19.4 Å². The number of anilines is 1. The highest BCUT2D eigenvalue weighted by Gasteiger charge is 2.15. The lowest BCUT2D eigenvalue weighted by Crippen LogP contribution is -2.33. The van der Waals surface area contributed by atoms with Crippen molar-refractivity contribution in [2.24, 2.45) is 0 Å². The summed E-state index contributed by atoms with van der Waals surface area (Å²) in [4.78, 5) is 11.9. The van der Waals surface area contributed by atoms with E-state index in [0.29, 0.717) is 16.6 Å². The summed E-state index contributed by atoms with van der Waals surface area (Å²) in [7, 11) is 1.74. The fourth-order valence-electron chi connectivity index (χ4n) is 1.48. The van der Waals surface area contributed by atoms with Crippen molar-refractivity contribution >= 4 is 22.4 Å². The van der Waals surface area contributed by atoms with E-state index in [0.717, 1.165) is 5.76 Å². The summed E-state index contributed by atoms with van der Waals surface area (Å²) in [5, 5.41) is 14.3. The van der Waals surface area contributed by atoms with Gasteiger partial charge in [0, 0.05) is 19.5 Å². The van der Waals surface area contributed by atoms with Crippen LogP contribution in [0.25, 0.3) is 0 Å².